The molecule has 1 aromatic heterocycles. The fraction of sp³-hybridized carbons (Fsp3) is 0.429. The van der Waals surface area contributed by atoms with Crippen LogP contribution in [0.2, 0.25) is 0 Å². The van der Waals surface area contributed by atoms with Crippen molar-refractivity contribution in [1.82, 2.24) is 10.2 Å². The highest BCUT2D eigenvalue weighted by molar-refractivity contribution is 5.91. The van der Waals surface area contributed by atoms with Gasteiger partial charge in [-0.3, -0.25) is 9.59 Å². The number of hydrogen-bond acceptors (Lipinski definition) is 5. The van der Waals surface area contributed by atoms with E-state index in [1.807, 2.05) is 12.1 Å². The minimum Gasteiger partial charge on any atom is -0.494 e. The standard InChI is InChI=1S/C21H26N2O5/c1-2-13-26-17-5-7-18(8-6-17)28-15-20(24)22-16-9-11-23(12-10-16)21(25)19-4-3-14-27-19/h3-8,14,16H,2,9-13,15H2,1H3,(H,22,24). The lowest BCUT2D eigenvalue weighted by Crippen LogP contribution is -2.47. The molecular formula is C21H26N2O5. The van der Waals surface area contributed by atoms with Gasteiger partial charge in [-0.2, -0.15) is 0 Å². The summed E-state index contributed by atoms with van der Waals surface area (Å²) in [7, 11) is 0. The number of benzene rings is 1. The second-order valence-corrected chi connectivity index (χ2v) is 6.72. The summed E-state index contributed by atoms with van der Waals surface area (Å²) in [6.07, 6.45) is 3.86. The molecule has 0 unspecified atom stereocenters. The molecule has 1 aliphatic heterocycles. The summed E-state index contributed by atoms with van der Waals surface area (Å²) in [6.45, 7) is 3.86. The summed E-state index contributed by atoms with van der Waals surface area (Å²) >= 11 is 0. The first-order chi connectivity index (χ1) is 13.7. The third-order valence-electron chi connectivity index (χ3n) is 4.55. The Kier molecular flexibility index (Phi) is 6.94. The molecule has 1 aromatic carbocycles. The summed E-state index contributed by atoms with van der Waals surface area (Å²) in [4.78, 5) is 26.1. The Bertz CT molecular complexity index is 750. The Morgan fingerprint density at radius 2 is 1.79 bits per heavy atom. The largest absolute Gasteiger partial charge is 0.494 e. The van der Waals surface area contributed by atoms with Gasteiger partial charge < -0.3 is 24.1 Å². The van der Waals surface area contributed by atoms with Crippen molar-refractivity contribution in [3.63, 3.8) is 0 Å². The third-order valence-corrected chi connectivity index (χ3v) is 4.55. The van der Waals surface area contributed by atoms with Gasteiger partial charge in [0.15, 0.2) is 12.4 Å². The number of rotatable bonds is 8. The quantitative estimate of drug-likeness (QED) is 0.755. The zero-order valence-electron chi connectivity index (χ0n) is 16.1. The number of amides is 2. The number of likely N-dealkylation sites (tertiary alicyclic amines) is 1. The van der Waals surface area contributed by atoms with Crippen molar-refractivity contribution >= 4 is 11.8 Å². The maximum atomic E-state index is 12.2. The summed E-state index contributed by atoms with van der Waals surface area (Å²) in [6, 6.07) is 10.6. The van der Waals surface area contributed by atoms with Crippen molar-refractivity contribution in [1.29, 1.82) is 0 Å². The van der Waals surface area contributed by atoms with Crippen LogP contribution in [0, 0.1) is 0 Å². The Morgan fingerprint density at radius 3 is 2.39 bits per heavy atom. The highest BCUT2D eigenvalue weighted by Crippen LogP contribution is 2.18. The smallest absolute Gasteiger partial charge is 0.289 e. The number of nitrogens with one attached hydrogen (secondary N) is 1. The van der Waals surface area contributed by atoms with Gasteiger partial charge in [0.1, 0.15) is 11.5 Å². The van der Waals surface area contributed by atoms with E-state index in [1.54, 1.807) is 29.2 Å². The molecule has 7 nitrogen and oxygen atoms in total. The number of carbonyl (C=O) groups is 2. The van der Waals surface area contributed by atoms with Crippen LogP contribution < -0.4 is 14.8 Å². The van der Waals surface area contributed by atoms with Crippen LogP contribution in [-0.4, -0.2) is 49.1 Å². The molecule has 0 bridgehead atoms. The van der Waals surface area contributed by atoms with Crippen LogP contribution in [0.1, 0.15) is 36.7 Å². The molecule has 150 valence electrons. The van der Waals surface area contributed by atoms with Gasteiger partial charge in [-0.25, -0.2) is 0 Å². The van der Waals surface area contributed by atoms with Crippen LogP contribution in [0.3, 0.4) is 0 Å². The van der Waals surface area contributed by atoms with Gasteiger partial charge in [-0.1, -0.05) is 6.92 Å². The molecule has 2 heterocycles. The van der Waals surface area contributed by atoms with Crippen molar-refractivity contribution in [2.75, 3.05) is 26.3 Å². The Hall–Kier alpha value is -2.96. The average molecular weight is 386 g/mol. The topological polar surface area (TPSA) is 81.0 Å². The SMILES string of the molecule is CCCOc1ccc(OCC(=O)NC2CCN(C(=O)c3ccco3)CC2)cc1. The first-order valence-corrected chi connectivity index (χ1v) is 9.63. The summed E-state index contributed by atoms with van der Waals surface area (Å²) in [5, 5.41) is 2.97. The van der Waals surface area contributed by atoms with E-state index in [1.165, 1.54) is 6.26 Å². The fourth-order valence-corrected chi connectivity index (χ4v) is 3.05. The van der Waals surface area contributed by atoms with Gasteiger partial charge in [-0.05, 0) is 55.7 Å². The Labute approximate surface area is 164 Å². The molecule has 2 amide bonds. The van der Waals surface area contributed by atoms with E-state index in [4.69, 9.17) is 13.9 Å². The molecule has 3 rings (SSSR count). The van der Waals surface area contributed by atoms with Gasteiger partial charge in [0, 0.05) is 19.1 Å². The maximum absolute atomic E-state index is 12.2. The molecule has 1 saturated heterocycles. The van der Waals surface area contributed by atoms with Crippen LogP contribution in [-0.2, 0) is 4.79 Å². The zero-order chi connectivity index (χ0) is 19.8. The number of furan rings is 1. The minimum absolute atomic E-state index is 0.0410. The van der Waals surface area contributed by atoms with E-state index in [-0.39, 0.29) is 24.5 Å². The lowest BCUT2D eigenvalue weighted by atomic mass is 10.0. The number of piperidine rings is 1. The molecule has 1 aliphatic rings. The first kappa shape index (κ1) is 19.8. The molecule has 2 aromatic rings. The second kappa shape index (κ2) is 9.82. The summed E-state index contributed by atoms with van der Waals surface area (Å²) in [5.41, 5.74) is 0. The van der Waals surface area contributed by atoms with Crippen molar-refractivity contribution < 1.29 is 23.5 Å². The summed E-state index contributed by atoms with van der Waals surface area (Å²) < 4.78 is 16.2. The molecule has 1 fully saturated rings. The zero-order valence-corrected chi connectivity index (χ0v) is 16.1. The molecule has 1 N–H and O–H groups in total. The summed E-state index contributed by atoms with van der Waals surface area (Å²) in [5.74, 6) is 1.49. The maximum Gasteiger partial charge on any atom is 0.289 e. The highest BCUT2D eigenvalue weighted by atomic mass is 16.5. The van der Waals surface area contributed by atoms with E-state index in [0.29, 0.717) is 44.0 Å². The van der Waals surface area contributed by atoms with Crippen LogP contribution in [0.15, 0.2) is 47.1 Å². The normalized spacial score (nSPS) is 14.5. The predicted molar refractivity (Wildman–Crippen MR) is 103 cm³/mol. The second-order valence-electron chi connectivity index (χ2n) is 6.72. The van der Waals surface area contributed by atoms with Gasteiger partial charge in [-0.15, -0.1) is 0 Å². The Balaban J connectivity index is 1.37. The monoisotopic (exact) mass is 386 g/mol. The first-order valence-electron chi connectivity index (χ1n) is 9.63. The van der Waals surface area contributed by atoms with E-state index >= 15 is 0 Å². The van der Waals surface area contributed by atoms with Crippen molar-refractivity contribution in [2.24, 2.45) is 0 Å². The number of carbonyl (C=O) groups excluding carboxylic acids is 2. The molecule has 0 radical (unpaired) electrons. The Morgan fingerprint density at radius 1 is 1.11 bits per heavy atom. The number of ether oxygens (including phenoxy) is 2. The average Bonchev–Trinajstić information content (AvgIpc) is 3.26. The minimum atomic E-state index is -0.165. The molecule has 0 saturated carbocycles. The molecule has 0 aliphatic carbocycles. The molecule has 0 spiro atoms. The highest BCUT2D eigenvalue weighted by Gasteiger charge is 2.25. The van der Waals surface area contributed by atoms with E-state index in [2.05, 4.69) is 12.2 Å². The van der Waals surface area contributed by atoms with Crippen molar-refractivity contribution in [3.05, 3.63) is 48.4 Å². The molecule has 28 heavy (non-hydrogen) atoms. The lowest BCUT2D eigenvalue weighted by molar-refractivity contribution is -0.124. The number of hydrogen-bond donors (Lipinski definition) is 1. The van der Waals surface area contributed by atoms with Crippen LogP contribution >= 0.6 is 0 Å². The molecule has 0 atom stereocenters. The van der Waals surface area contributed by atoms with Crippen molar-refractivity contribution in [3.8, 4) is 11.5 Å². The van der Waals surface area contributed by atoms with Gasteiger partial charge in [0.05, 0.1) is 12.9 Å². The number of nitrogens with zero attached hydrogens (tertiary/aromatic N) is 1. The van der Waals surface area contributed by atoms with Crippen LogP contribution in [0.4, 0.5) is 0 Å². The lowest BCUT2D eigenvalue weighted by Gasteiger charge is -2.31. The third kappa shape index (κ3) is 5.52. The van der Waals surface area contributed by atoms with E-state index in [9.17, 15) is 9.59 Å². The van der Waals surface area contributed by atoms with Crippen LogP contribution in [0.25, 0.3) is 0 Å². The van der Waals surface area contributed by atoms with Gasteiger partial charge in [0.2, 0.25) is 0 Å². The van der Waals surface area contributed by atoms with E-state index < -0.39 is 0 Å². The van der Waals surface area contributed by atoms with Crippen molar-refractivity contribution in [2.45, 2.75) is 32.2 Å². The van der Waals surface area contributed by atoms with E-state index in [0.717, 1.165) is 12.2 Å². The predicted octanol–water partition coefficient (Wildman–Crippen LogP) is 2.87. The molecular weight excluding hydrogens is 360 g/mol. The van der Waals surface area contributed by atoms with Crippen LogP contribution in [0.5, 0.6) is 11.5 Å². The fourth-order valence-electron chi connectivity index (χ4n) is 3.05. The molecule has 7 heteroatoms. The van der Waals surface area contributed by atoms with Gasteiger partial charge >= 0.3 is 0 Å². The van der Waals surface area contributed by atoms with Gasteiger partial charge in [0.25, 0.3) is 11.8 Å².